The number of nitrogens with zero attached hydrogens (tertiary/aromatic N) is 2. The van der Waals surface area contributed by atoms with Gasteiger partial charge in [0.05, 0.1) is 11.4 Å². The summed E-state index contributed by atoms with van der Waals surface area (Å²) >= 11 is 0. The summed E-state index contributed by atoms with van der Waals surface area (Å²) in [6.45, 7) is 41.9. The summed E-state index contributed by atoms with van der Waals surface area (Å²) in [5.74, 6) is 0. The van der Waals surface area contributed by atoms with Gasteiger partial charge in [-0.1, -0.05) is 166 Å². The maximum atomic E-state index is 6.92. The summed E-state index contributed by atoms with van der Waals surface area (Å²) < 4.78 is 6.92. The molecule has 7 aromatic rings. The van der Waals surface area contributed by atoms with E-state index in [0.29, 0.717) is 0 Å². The Morgan fingerprint density at radius 2 is 0.818 bits per heavy atom. The molecule has 0 aliphatic heterocycles. The molecular weight excluding hydrogens is 933 g/mol. The number of anilines is 6. The monoisotopic (exact) mass is 1020 g/mol. The van der Waals surface area contributed by atoms with Gasteiger partial charge in [0.15, 0.2) is 0 Å². The van der Waals surface area contributed by atoms with Crippen LogP contribution in [-0.4, -0.2) is 0 Å². The van der Waals surface area contributed by atoms with Gasteiger partial charge in [0.1, 0.15) is 11.8 Å². The summed E-state index contributed by atoms with van der Waals surface area (Å²) in [5.41, 5.74) is 24.2. The third-order valence-electron chi connectivity index (χ3n) is 21.4. The maximum absolute atomic E-state index is 6.92. The van der Waals surface area contributed by atoms with Crippen LogP contribution in [0.3, 0.4) is 0 Å². The fourth-order valence-electron chi connectivity index (χ4n) is 15.5. The molecule has 402 valence electrons. The molecule has 0 N–H and O–H groups in total. The molecule has 0 radical (unpaired) electrons. The number of hydrogen-bond donors (Lipinski definition) is 0. The van der Waals surface area contributed by atoms with Crippen molar-refractivity contribution in [2.45, 2.75) is 231 Å². The van der Waals surface area contributed by atoms with Gasteiger partial charge in [0.25, 0.3) is 0 Å². The van der Waals surface area contributed by atoms with Crippen molar-refractivity contribution < 1.29 is 4.42 Å². The van der Waals surface area contributed by atoms with E-state index in [1.54, 1.807) is 0 Å². The van der Waals surface area contributed by atoms with E-state index in [4.69, 9.17) is 4.42 Å². The second-order valence-corrected chi connectivity index (χ2v) is 30.8. The zero-order valence-corrected chi connectivity index (χ0v) is 50.3. The summed E-state index contributed by atoms with van der Waals surface area (Å²) in [6.07, 6.45) is 14.0. The highest BCUT2D eigenvalue weighted by Crippen LogP contribution is 2.60. The van der Waals surface area contributed by atoms with Crippen LogP contribution in [0.15, 0.2) is 120 Å². The molecule has 0 saturated heterocycles. The summed E-state index contributed by atoms with van der Waals surface area (Å²) in [6, 6.07) is 44.0. The first-order valence-electron chi connectivity index (χ1n) is 29.8. The van der Waals surface area contributed by atoms with Crippen molar-refractivity contribution in [2.75, 3.05) is 9.80 Å². The molecule has 1 heterocycles. The molecule has 6 aliphatic rings. The second-order valence-electron chi connectivity index (χ2n) is 30.8. The molecule has 1 saturated carbocycles. The van der Waals surface area contributed by atoms with Crippen molar-refractivity contribution in [3.63, 3.8) is 0 Å². The van der Waals surface area contributed by atoms with Crippen LogP contribution >= 0.6 is 0 Å². The number of fused-ring (bicyclic) bond motifs is 6. The van der Waals surface area contributed by atoms with Gasteiger partial charge in [-0.25, -0.2) is 0 Å². The third kappa shape index (κ3) is 8.30. The fraction of sp³-hybridized carbons (Fsp3) is 0.486. The van der Waals surface area contributed by atoms with E-state index >= 15 is 0 Å². The molecule has 13 rings (SSSR count). The van der Waals surface area contributed by atoms with Crippen LogP contribution in [0.1, 0.15) is 232 Å². The first-order chi connectivity index (χ1) is 35.9. The quantitative estimate of drug-likeness (QED) is 0.159. The molecule has 3 nitrogen and oxygen atoms in total. The van der Waals surface area contributed by atoms with Crippen LogP contribution in [0.5, 0.6) is 0 Å². The van der Waals surface area contributed by atoms with Gasteiger partial charge in [0.2, 0.25) is 0 Å². The summed E-state index contributed by atoms with van der Waals surface area (Å²) in [4.78, 5) is 5.27. The molecule has 3 heteroatoms. The molecule has 0 unspecified atom stereocenters. The van der Waals surface area contributed by atoms with Crippen molar-refractivity contribution in [1.29, 1.82) is 0 Å². The predicted octanol–water partition coefficient (Wildman–Crippen LogP) is 21.5. The average molecular weight is 1020 g/mol. The van der Waals surface area contributed by atoms with Gasteiger partial charge in [0, 0.05) is 33.7 Å². The molecule has 77 heavy (non-hydrogen) atoms. The molecule has 1 aromatic heterocycles. The van der Waals surface area contributed by atoms with E-state index in [2.05, 4.69) is 243 Å². The Morgan fingerprint density at radius 1 is 0.377 bits per heavy atom. The highest BCUT2D eigenvalue weighted by atomic mass is 16.3. The molecule has 2 bridgehead atoms. The first kappa shape index (κ1) is 52.2. The SMILES string of the molecule is CC(C)(C)c1cc(N(c2ccc3c(c2)C(C)(C)CCC3(C)C)c2ccc3c(c2-c2ccccc2)C(C)(C)CCC3(C)C)cc(N(c2ccc3c(c2)C(C)(C)CCC3(C)C)c2coc3cc4c(cc23)C2(C)CCC4(C)CC2)c1. The van der Waals surface area contributed by atoms with Gasteiger partial charge in [-0.15, -0.1) is 0 Å². The third-order valence-corrected chi connectivity index (χ3v) is 21.4. The zero-order valence-electron chi connectivity index (χ0n) is 50.3. The lowest BCUT2D eigenvalue weighted by molar-refractivity contribution is 0.188. The molecule has 0 atom stereocenters. The number of hydrogen-bond acceptors (Lipinski definition) is 3. The smallest absolute Gasteiger partial charge is 0.136 e. The van der Waals surface area contributed by atoms with E-state index in [0.717, 1.165) is 48.3 Å². The molecule has 0 spiro atoms. The topological polar surface area (TPSA) is 19.6 Å². The molecule has 6 aromatic carbocycles. The van der Waals surface area contributed by atoms with Crippen LogP contribution in [0.4, 0.5) is 34.1 Å². The summed E-state index contributed by atoms with van der Waals surface area (Å²) in [5, 5.41) is 1.20. The highest BCUT2D eigenvalue weighted by Gasteiger charge is 2.49. The average Bonchev–Trinajstić information content (AvgIpc) is 3.98. The van der Waals surface area contributed by atoms with Crippen molar-refractivity contribution >= 4 is 45.1 Å². The van der Waals surface area contributed by atoms with Gasteiger partial charge in [-0.05, 0) is 229 Å². The largest absolute Gasteiger partial charge is 0.462 e. The summed E-state index contributed by atoms with van der Waals surface area (Å²) in [7, 11) is 0. The Morgan fingerprint density at radius 3 is 1.32 bits per heavy atom. The van der Waals surface area contributed by atoms with Gasteiger partial charge >= 0.3 is 0 Å². The lowest BCUT2D eigenvalue weighted by Crippen LogP contribution is -2.44. The number of benzene rings is 6. The minimum absolute atomic E-state index is 0.0240. The van der Waals surface area contributed by atoms with Crippen LogP contribution in [0.25, 0.3) is 22.1 Å². The maximum Gasteiger partial charge on any atom is 0.136 e. The van der Waals surface area contributed by atoms with E-state index < -0.39 is 0 Å². The van der Waals surface area contributed by atoms with Crippen LogP contribution in [-0.2, 0) is 48.7 Å². The Kier molecular flexibility index (Phi) is 11.5. The fourth-order valence-corrected chi connectivity index (χ4v) is 15.5. The minimum Gasteiger partial charge on any atom is -0.462 e. The van der Waals surface area contributed by atoms with Crippen molar-refractivity contribution in [3.05, 3.63) is 166 Å². The van der Waals surface area contributed by atoms with Gasteiger partial charge in [-0.3, -0.25) is 0 Å². The molecule has 1 fully saturated rings. The number of rotatable bonds is 7. The second kappa shape index (κ2) is 17.0. The van der Waals surface area contributed by atoms with Gasteiger partial charge < -0.3 is 14.2 Å². The van der Waals surface area contributed by atoms with E-state index in [1.165, 1.54) is 122 Å². The molecular formula is C74H90N2O. The lowest BCUT2D eigenvalue weighted by Gasteiger charge is -2.52. The predicted molar refractivity (Wildman–Crippen MR) is 329 cm³/mol. The molecule has 6 aliphatic carbocycles. The van der Waals surface area contributed by atoms with E-state index in [9.17, 15) is 0 Å². The van der Waals surface area contributed by atoms with Crippen molar-refractivity contribution in [1.82, 2.24) is 0 Å². The van der Waals surface area contributed by atoms with Gasteiger partial charge in [-0.2, -0.15) is 0 Å². The van der Waals surface area contributed by atoms with Crippen LogP contribution in [0, 0.1) is 0 Å². The standard InChI is InChI=1S/C74H90N2O/c1-66(2,3)48-39-51(75(49-23-25-54-57(42-49)70(10,11)31-29-67(54,4)5)61-28-27-56-65(64(61)47-21-19-18-20-22-47)72(14,15)34-33-69(56,8)9)41-52(40-48)76(50-24-26-55-58(43-50)71(12,13)32-30-68(55,6)7)62-46-77-63-45-60-59(44-53(62)63)73(16)35-37-74(60,17)38-36-73/h18-28,39-46H,29-38H2,1-17H3. The normalized spacial score (nSPS) is 23.9. The van der Waals surface area contributed by atoms with E-state index in [-0.39, 0.29) is 48.7 Å². The molecule has 0 amide bonds. The highest BCUT2D eigenvalue weighted by molar-refractivity contribution is 5.99. The Bertz CT molecular complexity index is 3500. The van der Waals surface area contributed by atoms with Crippen LogP contribution < -0.4 is 9.80 Å². The van der Waals surface area contributed by atoms with Crippen molar-refractivity contribution in [3.8, 4) is 11.1 Å². The van der Waals surface area contributed by atoms with E-state index in [1.807, 2.05) is 0 Å². The first-order valence-corrected chi connectivity index (χ1v) is 29.8. The minimum atomic E-state index is -0.184. The van der Waals surface area contributed by atoms with Crippen LogP contribution in [0.2, 0.25) is 0 Å². The Hall–Kier alpha value is -5.54. The Balaban J connectivity index is 1.18. The van der Waals surface area contributed by atoms with Crippen molar-refractivity contribution in [2.24, 2.45) is 0 Å². The lowest BCUT2D eigenvalue weighted by atomic mass is 9.52. The number of furan rings is 1. The zero-order chi connectivity index (χ0) is 54.8. The Labute approximate surface area is 464 Å².